The number of hydrazine groups is 1. The highest BCUT2D eigenvalue weighted by atomic mass is 19.4. The zero-order valence-electron chi connectivity index (χ0n) is 10.7. The Morgan fingerprint density at radius 1 is 1.42 bits per heavy atom. The van der Waals surface area contributed by atoms with Crippen molar-refractivity contribution in [3.8, 4) is 0 Å². The first-order valence-electron chi connectivity index (χ1n) is 5.56. The van der Waals surface area contributed by atoms with E-state index in [2.05, 4.69) is 15.4 Å². The summed E-state index contributed by atoms with van der Waals surface area (Å²) in [5, 5.41) is 0. The van der Waals surface area contributed by atoms with Crippen molar-refractivity contribution in [3.05, 3.63) is 11.9 Å². The Bertz CT molecular complexity index is 413. The second-order valence-corrected chi connectivity index (χ2v) is 3.78. The molecule has 0 aliphatic carbocycles. The first-order chi connectivity index (χ1) is 8.85. The highest BCUT2D eigenvalue weighted by Crippen LogP contribution is 2.21. The van der Waals surface area contributed by atoms with Gasteiger partial charge in [-0.3, -0.25) is 0 Å². The van der Waals surface area contributed by atoms with Gasteiger partial charge in [-0.25, -0.2) is 15.8 Å². The number of hydrogen-bond acceptors (Lipinski definition) is 6. The molecule has 0 amide bonds. The quantitative estimate of drug-likeness (QED) is 0.604. The lowest BCUT2D eigenvalue weighted by molar-refractivity contribution is -0.119. The van der Waals surface area contributed by atoms with Gasteiger partial charge in [-0.1, -0.05) is 0 Å². The van der Waals surface area contributed by atoms with Gasteiger partial charge in [0.25, 0.3) is 0 Å². The third-order valence-corrected chi connectivity index (χ3v) is 2.15. The minimum Gasteiger partial charge on any atom is -0.374 e. The first-order valence-corrected chi connectivity index (χ1v) is 5.56. The Morgan fingerprint density at radius 3 is 2.63 bits per heavy atom. The van der Waals surface area contributed by atoms with Gasteiger partial charge in [-0.2, -0.15) is 13.2 Å². The molecule has 0 atom stereocenters. The summed E-state index contributed by atoms with van der Waals surface area (Å²) in [7, 11) is 1.29. The number of ether oxygens (including phenoxy) is 1. The number of nitrogens with two attached hydrogens (primary N) is 1. The lowest BCUT2D eigenvalue weighted by Crippen LogP contribution is -2.32. The van der Waals surface area contributed by atoms with E-state index in [1.54, 1.807) is 6.92 Å². The molecule has 0 fully saturated rings. The zero-order chi connectivity index (χ0) is 14.5. The molecule has 1 aromatic rings. The Labute approximate surface area is 108 Å². The monoisotopic (exact) mass is 279 g/mol. The zero-order valence-corrected chi connectivity index (χ0v) is 10.7. The molecule has 0 spiro atoms. The van der Waals surface area contributed by atoms with E-state index in [-0.39, 0.29) is 24.1 Å². The summed E-state index contributed by atoms with van der Waals surface area (Å²) < 4.78 is 42.1. The van der Waals surface area contributed by atoms with Crippen LogP contribution in [-0.2, 0) is 11.3 Å². The Balaban J connectivity index is 2.92. The minimum atomic E-state index is -4.31. The van der Waals surface area contributed by atoms with Gasteiger partial charge in [0.1, 0.15) is 24.8 Å². The molecular weight excluding hydrogens is 263 g/mol. The predicted octanol–water partition coefficient (Wildman–Crippen LogP) is 1.30. The molecule has 108 valence electrons. The molecule has 0 aliphatic rings. The molecule has 0 radical (unpaired) electrons. The summed E-state index contributed by atoms with van der Waals surface area (Å²) >= 11 is 0. The van der Waals surface area contributed by atoms with Crippen molar-refractivity contribution in [1.29, 1.82) is 0 Å². The fourth-order valence-corrected chi connectivity index (χ4v) is 1.36. The fourth-order valence-electron chi connectivity index (χ4n) is 1.36. The van der Waals surface area contributed by atoms with Crippen LogP contribution in [-0.4, -0.2) is 36.3 Å². The molecule has 1 heterocycles. The first kappa shape index (κ1) is 15.4. The van der Waals surface area contributed by atoms with Gasteiger partial charge in [-0.15, -0.1) is 0 Å². The molecule has 6 nitrogen and oxygen atoms in total. The lowest BCUT2D eigenvalue weighted by Gasteiger charge is -2.20. The normalized spacial score (nSPS) is 11.5. The van der Waals surface area contributed by atoms with Crippen molar-refractivity contribution >= 4 is 11.6 Å². The Morgan fingerprint density at radius 2 is 2.11 bits per heavy atom. The van der Waals surface area contributed by atoms with Crippen molar-refractivity contribution in [3.63, 3.8) is 0 Å². The molecule has 0 unspecified atom stereocenters. The minimum absolute atomic E-state index is 0.110. The van der Waals surface area contributed by atoms with Crippen molar-refractivity contribution in [2.24, 2.45) is 5.84 Å². The van der Waals surface area contributed by atoms with Crippen LogP contribution in [0.1, 0.15) is 12.7 Å². The van der Waals surface area contributed by atoms with E-state index in [0.29, 0.717) is 6.61 Å². The van der Waals surface area contributed by atoms with Gasteiger partial charge in [0.05, 0.1) is 0 Å². The molecule has 9 heteroatoms. The standard InChI is InChI=1S/C10H16F3N5O/c1-3-19-5-8-15-7(17-14)4-9(16-8)18(2)6-10(11,12)13/h4H,3,5-6,14H2,1-2H3,(H,15,16,17). The number of alkyl halides is 3. The van der Waals surface area contributed by atoms with Crippen LogP contribution in [0.15, 0.2) is 6.07 Å². The third kappa shape index (κ3) is 5.26. The Hall–Kier alpha value is -1.61. The van der Waals surface area contributed by atoms with Gasteiger partial charge < -0.3 is 15.1 Å². The molecule has 1 aromatic heterocycles. The van der Waals surface area contributed by atoms with Crippen molar-refractivity contribution in [2.45, 2.75) is 19.7 Å². The van der Waals surface area contributed by atoms with Crippen LogP contribution in [0.3, 0.4) is 0 Å². The van der Waals surface area contributed by atoms with Gasteiger partial charge in [-0.05, 0) is 6.92 Å². The second-order valence-electron chi connectivity index (χ2n) is 3.78. The maximum absolute atomic E-state index is 12.3. The summed E-state index contributed by atoms with van der Waals surface area (Å²) in [5.41, 5.74) is 2.29. The number of hydrogen-bond donors (Lipinski definition) is 2. The van der Waals surface area contributed by atoms with E-state index in [1.807, 2.05) is 0 Å². The number of aromatic nitrogens is 2. The van der Waals surface area contributed by atoms with E-state index in [0.717, 1.165) is 4.90 Å². The molecular formula is C10H16F3N5O. The summed E-state index contributed by atoms with van der Waals surface area (Å²) in [6.45, 7) is 1.25. The van der Waals surface area contributed by atoms with Crippen LogP contribution < -0.4 is 16.2 Å². The number of rotatable bonds is 6. The van der Waals surface area contributed by atoms with Crippen molar-refractivity contribution in [2.75, 3.05) is 30.5 Å². The molecule has 3 N–H and O–H groups in total. The third-order valence-electron chi connectivity index (χ3n) is 2.15. The molecule has 0 bridgehead atoms. The van der Waals surface area contributed by atoms with Crippen LogP contribution in [0.4, 0.5) is 24.8 Å². The summed E-state index contributed by atoms with van der Waals surface area (Å²) in [6, 6.07) is 1.33. The Kier molecular flexibility index (Phi) is 5.31. The van der Waals surface area contributed by atoms with E-state index in [1.165, 1.54) is 13.1 Å². The molecule has 0 saturated carbocycles. The average molecular weight is 279 g/mol. The number of nitrogen functional groups attached to an aromatic ring is 1. The smallest absolute Gasteiger partial charge is 0.374 e. The topological polar surface area (TPSA) is 76.3 Å². The second kappa shape index (κ2) is 6.53. The number of nitrogens with one attached hydrogen (secondary N) is 1. The SMILES string of the molecule is CCOCc1nc(NN)cc(N(C)CC(F)(F)F)n1. The van der Waals surface area contributed by atoms with Crippen molar-refractivity contribution < 1.29 is 17.9 Å². The predicted molar refractivity (Wildman–Crippen MR) is 64.5 cm³/mol. The van der Waals surface area contributed by atoms with Gasteiger partial charge in [0, 0.05) is 19.7 Å². The summed E-state index contributed by atoms with van der Waals surface area (Å²) in [5.74, 6) is 5.84. The maximum atomic E-state index is 12.3. The molecule has 0 aliphatic heterocycles. The van der Waals surface area contributed by atoms with E-state index in [9.17, 15) is 13.2 Å². The van der Waals surface area contributed by atoms with E-state index >= 15 is 0 Å². The van der Waals surface area contributed by atoms with Crippen LogP contribution >= 0.6 is 0 Å². The van der Waals surface area contributed by atoms with Gasteiger partial charge >= 0.3 is 6.18 Å². The average Bonchev–Trinajstić information content (AvgIpc) is 2.33. The van der Waals surface area contributed by atoms with Crippen molar-refractivity contribution in [1.82, 2.24) is 9.97 Å². The van der Waals surface area contributed by atoms with Crippen LogP contribution in [0.25, 0.3) is 0 Å². The fraction of sp³-hybridized carbons (Fsp3) is 0.600. The number of nitrogens with zero attached hydrogens (tertiary/aromatic N) is 3. The number of halogens is 3. The van der Waals surface area contributed by atoms with E-state index in [4.69, 9.17) is 10.6 Å². The van der Waals surface area contributed by atoms with Gasteiger partial charge in [0.2, 0.25) is 0 Å². The maximum Gasteiger partial charge on any atom is 0.405 e. The highest BCUT2D eigenvalue weighted by molar-refractivity contribution is 5.48. The van der Waals surface area contributed by atoms with Crippen LogP contribution in [0.2, 0.25) is 0 Å². The highest BCUT2D eigenvalue weighted by Gasteiger charge is 2.30. The molecule has 1 rings (SSSR count). The van der Waals surface area contributed by atoms with Gasteiger partial charge in [0.15, 0.2) is 5.82 Å². The molecule has 19 heavy (non-hydrogen) atoms. The number of anilines is 2. The lowest BCUT2D eigenvalue weighted by atomic mass is 10.4. The van der Waals surface area contributed by atoms with E-state index < -0.39 is 12.7 Å². The summed E-state index contributed by atoms with van der Waals surface area (Å²) in [6.07, 6.45) is -4.31. The van der Waals surface area contributed by atoms with Crippen LogP contribution in [0.5, 0.6) is 0 Å². The molecule has 0 saturated heterocycles. The summed E-state index contributed by atoms with van der Waals surface area (Å²) in [4.78, 5) is 8.96. The van der Waals surface area contributed by atoms with Crippen LogP contribution in [0, 0.1) is 0 Å². The molecule has 0 aromatic carbocycles. The largest absolute Gasteiger partial charge is 0.405 e.